The molecule has 0 bridgehead atoms. The van der Waals surface area contributed by atoms with Crippen LogP contribution in [-0.2, 0) is 50.7 Å². The van der Waals surface area contributed by atoms with E-state index in [1.54, 1.807) is 62.3 Å². The number of esters is 2. The van der Waals surface area contributed by atoms with Gasteiger partial charge in [0.2, 0.25) is 5.69 Å². The maximum atomic E-state index is 13.6. The topological polar surface area (TPSA) is 299 Å². The number of carbonyl (C=O) groups excluding carboxylic acids is 2. The predicted molar refractivity (Wildman–Crippen MR) is 219 cm³/mol. The highest BCUT2D eigenvalue weighted by Crippen LogP contribution is 2.50. The van der Waals surface area contributed by atoms with Crippen LogP contribution >= 0.6 is 0 Å². The first-order valence-electron chi connectivity index (χ1n) is 18.9. The minimum absolute atomic E-state index is 0.0411. The Hall–Kier alpha value is -5.00. The Balaban J connectivity index is 1.93. The first-order chi connectivity index (χ1) is 28.1. The van der Waals surface area contributed by atoms with Gasteiger partial charge in [-0.15, -0.1) is 0 Å². The van der Waals surface area contributed by atoms with Crippen molar-refractivity contribution in [2.45, 2.75) is 71.1 Å². The average molecular weight is 913 g/mol. The standard InChI is InChI=1S/C39H48N2O17S3/c1-6-15-57-36(46)26-20-24(34(42)43)22-28-32(26)38(2,3)30(40(28)13-8-17-59(48,49)50)11-7-12-31-39(4,5)33-27(37(47)58-16-10-19-61(54,55)56)21-25(35(44)45)23-29(33)41(31)14-9-18-60(51,52)53/h7,11-12,20-23H,6,8-10,13-19H2,1-5H3,(H4-,42,43,44,45,48,49,50,51,52,53,54,55,56). The van der Waals surface area contributed by atoms with E-state index in [9.17, 15) is 63.8 Å². The molecule has 4 rings (SSSR count). The molecule has 61 heavy (non-hydrogen) atoms. The minimum Gasteiger partial charge on any atom is -0.748 e. The van der Waals surface area contributed by atoms with Gasteiger partial charge in [0.05, 0.1) is 68.1 Å². The number of ether oxygens (including phenoxy) is 2. The van der Waals surface area contributed by atoms with E-state index >= 15 is 0 Å². The highest BCUT2D eigenvalue weighted by molar-refractivity contribution is 7.86. The minimum atomic E-state index is -4.66. The Morgan fingerprint density at radius 3 is 1.84 bits per heavy atom. The van der Waals surface area contributed by atoms with Gasteiger partial charge in [-0.05, 0) is 57.4 Å². The molecule has 0 fully saturated rings. The number of carboxylic acids is 2. The summed E-state index contributed by atoms with van der Waals surface area (Å²) in [4.78, 5) is 53.2. The highest BCUT2D eigenvalue weighted by atomic mass is 32.2. The van der Waals surface area contributed by atoms with Crippen molar-refractivity contribution in [3.63, 3.8) is 0 Å². The molecule has 2 heterocycles. The number of hydrogen-bond acceptors (Lipinski definition) is 14. The van der Waals surface area contributed by atoms with Crippen molar-refractivity contribution in [1.29, 1.82) is 0 Å². The number of carbonyl (C=O) groups is 4. The molecule has 4 N–H and O–H groups in total. The van der Waals surface area contributed by atoms with Crippen molar-refractivity contribution in [1.82, 2.24) is 0 Å². The third kappa shape index (κ3) is 11.7. The number of allylic oxidation sites excluding steroid dienone is 4. The maximum Gasteiger partial charge on any atom is 0.338 e. The lowest BCUT2D eigenvalue weighted by atomic mass is 9.78. The summed E-state index contributed by atoms with van der Waals surface area (Å²) in [6, 6.07) is 4.90. The molecule has 0 unspecified atom stereocenters. The van der Waals surface area contributed by atoms with Crippen LogP contribution in [-0.4, -0.2) is 127 Å². The molecule has 2 aliphatic rings. The van der Waals surface area contributed by atoms with Gasteiger partial charge in [-0.2, -0.15) is 21.4 Å². The summed E-state index contributed by atoms with van der Waals surface area (Å²) in [6.07, 6.45) is 4.64. The number of fused-ring (bicyclic) bond motifs is 2. The summed E-state index contributed by atoms with van der Waals surface area (Å²) in [5.41, 5.74) is -1.21. The molecule has 334 valence electrons. The molecule has 0 amide bonds. The zero-order valence-electron chi connectivity index (χ0n) is 34.0. The van der Waals surface area contributed by atoms with E-state index in [0.717, 1.165) is 6.07 Å². The molecule has 0 spiro atoms. The first kappa shape index (κ1) is 48.7. The van der Waals surface area contributed by atoms with Crippen LogP contribution in [0.4, 0.5) is 11.4 Å². The van der Waals surface area contributed by atoms with Crippen LogP contribution in [0.3, 0.4) is 0 Å². The van der Waals surface area contributed by atoms with Gasteiger partial charge in [0, 0.05) is 53.2 Å². The quantitative estimate of drug-likeness (QED) is 0.0633. The zero-order valence-corrected chi connectivity index (χ0v) is 36.5. The fourth-order valence-corrected chi connectivity index (χ4v) is 9.08. The van der Waals surface area contributed by atoms with Crippen LogP contribution in [0, 0.1) is 0 Å². The lowest BCUT2D eigenvalue weighted by molar-refractivity contribution is -0.437. The Bertz CT molecular complexity index is 2550. The molecule has 2 aliphatic heterocycles. The second kappa shape index (κ2) is 18.5. The summed E-state index contributed by atoms with van der Waals surface area (Å²) < 4.78 is 112. The molecule has 2 aromatic rings. The van der Waals surface area contributed by atoms with E-state index in [-0.39, 0.29) is 78.2 Å². The number of nitrogens with zero attached hydrogens (tertiary/aromatic N) is 2. The van der Waals surface area contributed by atoms with Gasteiger partial charge in [0.15, 0.2) is 5.71 Å². The lowest BCUT2D eigenvalue weighted by Gasteiger charge is -2.27. The van der Waals surface area contributed by atoms with Crippen LogP contribution in [0.15, 0.2) is 48.2 Å². The number of rotatable bonds is 20. The number of hydrogen-bond donors (Lipinski definition) is 4. The van der Waals surface area contributed by atoms with E-state index in [2.05, 4.69) is 0 Å². The molecule has 0 radical (unpaired) electrons. The van der Waals surface area contributed by atoms with Gasteiger partial charge in [0.1, 0.15) is 6.54 Å². The van der Waals surface area contributed by atoms with Crippen molar-refractivity contribution >= 4 is 71.3 Å². The van der Waals surface area contributed by atoms with E-state index in [0.29, 0.717) is 23.4 Å². The van der Waals surface area contributed by atoms with Crippen LogP contribution in [0.25, 0.3) is 0 Å². The van der Waals surface area contributed by atoms with E-state index < -0.39 is 88.9 Å². The molecule has 2 aromatic carbocycles. The largest absolute Gasteiger partial charge is 0.748 e. The molecule has 0 atom stereocenters. The summed E-state index contributed by atoms with van der Waals surface area (Å²) in [5.74, 6) is -6.72. The fraction of sp³-hybridized carbons (Fsp3) is 0.462. The molecule has 0 saturated carbocycles. The third-order valence-corrected chi connectivity index (χ3v) is 12.5. The van der Waals surface area contributed by atoms with Gasteiger partial charge < -0.3 is 29.1 Å². The van der Waals surface area contributed by atoms with Gasteiger partial charge >= 0.3 is 23.9 Å². The summed E-state index contributed by atoms with van der Waals surface area (Å²) >= 11 is 0. The maximum absolute atomic E-state index is 13.6. The molecule has 0 aromatic heterocycles. The Morgan fingerprint density at radius 1 is 0.754 bits per heavy atom. The van der Waals surface area contributed by atoms with Crippen LogP contribution < -0.4 is 4.90 Å². The highest BCUT2D eigenvalue weighted by Gasteiger charge is 2.48. The third-order valence-electron chi connectivity index (χ3n) is 10.1. The van der Waals surface area contributed by atoms with Crippen molar-refractivity contribution in [2.75, 3.05) is 48.5 Å². The van der Waals surface area contributed by atoms with Crippen LogP contribution in [0.5, 0.6) is 0 Å². The fourth-order valence-electron chi connectivity index (χ4n) is 7.62. The number of carboxylic acid groups (broad SMARTS) is 2. The molecule has 22 heteroatoms. The molecular formula is C39H48N2O17S3. The monoisotopic (exact) mass is 912 g/mol. The molecular weight excluding hydrogens is 865 g/mol. The predicted octanol–water partition coefficient (Wildman–Crippen LogP) is 3.91. The van der Waals surface area contributed by atoms with Crippen LogP contribution in [0.1, 0.15) is 113 Å². The number of benzene rings is 2. The normalized spacial score (nSPS) is 16.5. The lowest BCUT2D eigenvalue weighted by Crippen LogP contribution is -2.30. The van der Waals surface area contributed by atoms with Crippen molar-refractivity contribution in [2.24, 2.45) is 0 Å². The van der Waals surface area contributed by atoms with Gasteiger partial charge in [-0.1, -0.05) is 26.8 Å². The van der Waals surface area contributed by atoms with E-state index in [4.69, 9.17) is 14.0 Å². The molecule has 0 aliphatic carbocycles. The average Bonchev–Trinajstić information content (AvgIpc) is 3.48. The Kier molecular flexibility index (Phi) is 14.8. The molecule has 19 nitrogen and oxygen atoms in total. The second-order valence-electron chi connectivity index (χ2n) is 15.5. The summed E-state index contributed by atoms with van der Waals surface area (Å²) in [5, 5.41) is 20.0. The van der Waals surface area contributed by atoms with E-state index in [1.807, 2.05) is 0 Å². The Labute approximate surface area is 353 Å². The zero-order chi connectivity index (χ0) is 45.9. The Morgan fingerprint density at radius 2 is 1.30 bits per heavy atom. The van der Waals surface area contributed by atoms with Gasteiger partial charge in [-0.25, -0.2) is 27.6 Å². The SMILES string of the molecule is CCCOC(=O)c1cc(C(=O)O)cc2c1C(C)(C)C(/C=C/C=C1/N(CCCS(=O)(=O)O)c3cc(C(=O)O)cc(C(=O)OCCCS(=O)(=O)O)c3C1(C)C)=[N+]2CCCS(=O)(=O)[O-]. The number of anilines is 1. The molecule has 0 saturated heterocycles. The van der Waals surface area contributed by atoms with Crippen LogP contribution in [0.2, 0.25) is 0 Å². The smallest absolute Gasteiger partial charge is 0.338 e. The first-order valence-corrected chi connectivity index (χ1v) is 23.7. The van der Waals surface area contributed by atoms with E-state index in [1.165, 1.54) is 18.2 Å². The summed E-state index contributed by atoms with van der Waals surface area (Å²) in [7, 11) is -13.5. The number of aromatic carboxylic acids is 2. The van der Waals surface area contributed by atoms with Crippen molar-refractivity contribution in [3.05, 3.63) is 81.6 Å². The van der Waals surface area contributed by atoms with Crippen molar-refractivity contribution < 1.29 is 82.4 Å². The second-order valence-corrected chi connectivity index (χ2v) is 20.1. The van der Waals surface area contributed by atoms with Gasteiger partial charge in [0.25, 0.3) is 20.2 Å². The summed E-state index contributed by atoms with van der Waals surface area (Å²) in [6.45, 7) is 8.04. The van der Waals surface area contributed by atoms with Gasteiger partial charge in [-0.3, -0.25) is 9.11 Å². The van der Waals surface area contributed by atoms with Crippen molar-refractivity contribution in [3.8, 4) is 0 Å².